The second-order valence-electron chi connectivity index (χ2n) is 4.45. The molecule has 0 atom stereocenters. The minimum atomic E-state index is 0.369. The molecule has 19 heavy (non-hydrogen) atoms. The lowest BCUT2D eigenvalue weighted by molar-refractivity contribution is 0.374. The van der Waals surface area contributed by atoms with Crippen LogP contribution in [0.4, 0.5) is 0 Å². The molecule has 0 N–H and O–H groups in total. The van der Waals surface area contributed by atoms with Crippen LogP contribution >= 0.6 is 11.6 Å². The molecular weight excluding hydrogens is 264 g/mol. The van der Waals surface area contributed by atoms with Gasteiger partial charge in [-0.1, -0.05) is 19.4 Å². The van der Waals surface area contributed by atoms with Crippen molar-refractivity contribution in [3.8, 4) is 17.2 Å². The van der Waals surface area contributed by atoms with Crippen molar-refractivity contribution in [3.63, 3.8) is 0 Å². The van der Waals surface area contributed by atoms with E-state index in [0.29, 0.717) is 29.0 Å². The van der Waals surface area contributed by atoms with E-state index in [4.69, 9.17) is 25.8 Å². The minimum Gasteiger partial charge on any atom is -0.496 e. The number of ether oxygens (including phenoxy) is 3. The van der Waals surface area contributed by atoms with E-state index >= 15 is 0 Å². The Balaban J connectivity index is 3.39. The first-order valence-corrected chi connectivity index (χ1v) is 6.67. The van der Waals surface area contributed by atoms with Gasteiger partial charge in [0.05, 0.1) is 26.9 Å². The van der Waals surface area contributed by atoms with E-state index in [1.807, 2.05) is 18.2 Å². The van der Waals surface area contributed by atoms with Gasteiger partial charge in [0.15, 0.2) is 0 Å². The van der Waals surface area contributed by atoms with E-state index in [0.717, 1.165) is 11.1 Å². The lowest BCUT2D eigenvalue weighted by atomic mass is 10.0. The Hall–Kier alpha value is -1.35. The van der Waals surface area contributed by atoms with Gasteiger partial charge in [0, 0.05) is 18.0 Å². The van der Waals surface area contributed by atoms with Crippen LogP contribution in [0, 0.1) is 5.92 Å². The molecule has 0 bridgehead atoms. The normalized spacial score (nSPS) is 11.6. The number of benzene rings is 1. The van der Waals surface area contributed by atoms with E-state index < -0.39 is 0 Å². The molecule has 0 saturated heterocycles. The SMILES string of the molecule is COc1cc(OC)c(C=C(CCl)C(C)C)c(OC)c1. The van der Waals surface area contributed by atoms with Gasteiger partial charge < -0.3 is 14.2 Å². The Morgan fingerprint density at radius 2 is 1.63 bits per heavy atom. The molecule has 3 nitrogen and oxygen atoms in total. The van der Waals surface area contributed by atoms with Crippen LogP contribution in [0.2, 0.25) is 0 Å². The molecule has 1 aromatic rings. The smallest absolute Gasteiger partial charge is 0.133 e. The highest BCUT2D eigenvalue weighted by atomic mass is 35.5. The Morgan fingerprint density at radius 1 is 1.11 bits per heavy atom. The molecule has 0 amide bonds. The Bertz CT molecular complexity index is 428. The summed E-state index contributed by atoms with van der Waals surface area (Å²) in [6.45, 7) is 4.22. The fourth-order valence-corrected chi connectivity index (χ4v) is 2.11. The molecule has 0 unspecified atom stereocenters. The lowest BCUT2D eigenvalue weighted by Crippen LogP contribution is -1.99. The summed E-state index contributed by atoms with van der Waals surface area (Å²) in [5.74, 6) is 2.96. The highest BCUT2D eigenvalue weighted by Crippen LogP contribution is 2.36. The number of halogens is 1. The molecule has 4 heteroatoms. The monoisotopic (exact) mass is 284 g/mol. The van der Waals surface area contributed by atoms with Crippen molar-refractivity contribution in [2.75, 3.05) is 27.2 Å². The summed E-state index contributed by atoms with van der Waals surface area (Å²) in [5, 5.41) is 0. The van der Waals surface area contributed by atoms with Crippen LogP contribution in [0.15, 0.2) is 17.7 Å². The molecule has 0 aliphatic heterocycles. The van der Waals surface area contributed by atoms with Crippen molar-refractivity contribution in [1.82, 2.24) is 0 Å². The first kappa shape index (κ1) is 15.7. The van der Waals surface area contributed by atoms with Gasteiger partial charge in [0.1, 0.15) is 17.2 Å². The van der Waals surface area contributed by atoms with Gasteiger partial charge in [0.2, 0.25) is 0 Å². The third kappa shape index (κ3) is 3.80. The predicted molar refractivity (Wildman–Crippen MR) is 79.6 cm³/mol. The molecule has 1 aromatic carbocycles. The van der Waals surface area contributed by atoms with Crippen molar-refractivity contribution in [2.45, 2.75) is 13.8 Å². The first-order valence-electron chi connectivity index (χ1n) is 6.13. The van der Waals surface area contributed by atoms with Crippen LogP contribution in [0.1, 0.15) is 19.4 Å². The molecule has 0 fully saturated rings. The van der Waals surface area contributed by atoms with Crippen LogP contribution in [0.3, 0.4) is 0 Å². The number of rotatable bonds is 6. The third-order valence-corrected chi connectivity index (χ3v) is 3.29. The maximum Gasteiger partial charge on any atom is 0.133 e. The highest BCUT2D eigenvalue weighted by Gasteiger charge is 2.13. The summed E-state index contributed by atoms with van der Waals surface area (Å²) in [5.41, 5.74) is 2.01. The molecule has 0 saturated carbocycles. The summed E-state index contributed by atoms with van der Waals surface area (Å²) in [6.07, 6.45) is 2.02. The van der Waals surface area contributed by atoms with E-state index in [9.17, 15) is 0 Å². The molecule has 1 rings (SSSR count). The highest BCUT2D eigenvalue weighted by molar-refractivity contribution is 6.19. The number of hydrogen-bond donors (Lipinski definition) is 0. The average molecular weight is 285 g/mol. The van der Waals surface area contributed by atoms with Gasteiger partial charge >= 0.3 is 0 Å². The second kappa shape index (κ2) is 7.29. The zero-order valence-electron chi connectivity index (χ0n) is 12.1. The van der Waals surface area contributed by atoms with E-state index in [2.05, 4.69) is 13.8 Å². The Labute approximate surface area is 120 Å². The molecule has 106 valence electrons. The minimum absolute atomic E-state index is 0.369. The molecule has 0 aromatic heterocycles. The maximum atomic E-state index is 5.99. The van der Waals surface area contributed by atoms with Crippen LogP contribution < -0.4 is 14.2 Å². The van der Waals surface area contributed by atoms with Gasteiger partial charge in [-0.15, -0.1) is 11.6 Å². The molecule has 0 heterocycles. The standard InChI is InChI=1S/C15H21ClO3/c1-10(2)11(9-16)6-13-14(18-4)7-12(17-3)8-15(13)19-5/h6-8,10H,9H2,1-5H3. The van der Waals surface area contributed by atoms with Gasteiger partial charge in [0.25, 0.3) is 0 Å². The van der Waals surface area contributed by atoms with E-state index in [-0.39, 0.29) is 0 Å². The number of methoxy groups -OCH3 is 3. The van der Waals surface area contributed by atoms with Crippen molar-refractivity contribution >= 4 is 17.7 Å². The summed E-state index contributed by atoms with van der Waals surface area (Å²) in [6, 6.07) is 3.67. The molecule has 0 spiro atoms. The van der Waals surface area contributed by atoms with Crippen LogP contribution in [0.5, 0.6) is 17.2 Å². The van der Waals surface area contributed by atoms with Crippen molar-refractivity contribution in [3.05, 3.63) is 23.3 Å². The average Bonchev–Trinajstić information content (AvgIpc) is 2.43. The summed E-state index contributed by atoms with van der Waals surface area (Å²) in [4.78, 5) is 0. The van der Waals surface area contributed by atoms with E-state index in [1.165, 1.54) is 0 Å². The van der Waals surface area contributed by atoms with Gasteiger partial charge in [-0.05, 0) is 12.0 Å². The summed E-state index contributed by atoms with van der Waals surface area (Å²) >= 11 is 5.99. The topological polar surface area (TPSA) is 27.7 Å². The third-order valence-electron chi connectivity index (χ3n) is 2.98. The lowest BCUT2D eigenvalue weighted by Gasteiger charge is -2.15. The second-order valence-corrected chi connectivity index (χ2v) is 4.72. The van der Waals surface area contributed by atoms with Crippen LogP contribution in [-0.2, 0) is 0 Å². The van der Waals surface area contributed by atoms with Gasteiger partial charge in [-0.2, -0.15) is 0 Å². The Morgan fingerprint density at radius 3 is 1.95 bits per heavy atom. The largest absolute Gasteiger partial charge is 0.496 e. The maximum absolute atomic E-state index is 5.99. The van der Waals surface area contributed by atoms with Gasteiger partial charge in [-0.25, -0.2) is 0 Å². The van der Waals surface area contributed by atoms with E-state index in [1.54, 1.807) is 21.3 Å². The van der Waals surface area contributed by atoms with Crippen molar-refractivity contribution in [2.24, 2.45) is 5.92 Å². The fourth-order valence-electron chi connectivity index (χ4n) is 1.72. The summed E-state index contributed by atoms with van der Waals surface area (Å²) < 4.78 is 16.0. The molecule has 0 aliphatic rings. The summed E-state index contributed by atoms with van der Waals surface area (Å²) in [7, 11) is 4.87. The van der Waals surface area contributed by atoms with Gasteiger partial charge in [-0.3, -0.25) is 0 Å². The Kier molecular flexibility index (Phi) is 6.03. The number of alkyl halides is 1. The molecule has 0 radical (unpaired) electrons. The zero-order chi connectivity index (χ0) is 14.4. The van der Waals surface area contributed by atoms with Crippen molar-refractivity contribution in [1.29, 1.82) is 0 Å². The quantitative estimate of drug-likeness (QED) is 0.739. The first-order chi connectivity index (χ1) is 9.07. The van der Waals surface area contributed by atoms with Crippen molar-refractivity contribution < 1.29 is 14.2 Å². The fraction of sp³-hybridized carbons (Fsp3) is 0.467. The molecular formula is C15H21ClO3. The number of allylic oxidation sites excluding steroid dienone is 1. The van der Waals surface area contributed by atoms with Crippen LogP contribution in [-0.4, -0.2) is 27.2 Å². The van der Waals surface area contributed by atoms with Crippen LogP contribution in [0.25, 0.3) is 6.08 Å². The zero-order valence-corrected chi connectivity index (χ0v) is 12.9. The predicted octanol–water partition coefficient (Wildman–Crippen LogP) is 3.99. The number of hydrogen-bond acceptors (Lipinski definition) is 3. The molecule has 0 aliphatic carbocycles.